The van der Waals surface area contributed by atoms with E-state index in [1.807, 2.05) is 0 Å². The highest BCUT2D eigenvalue weighted by Crippen LogP contribution is 2.28. The number of nitrogens with zero attached hydrogens (tertiary/aromatic N) is 2. The van der Waals surface area contributed by atoms with Gasteiger partial charge < -0.3 is 19.9 Å². The maximum Gasteiger partial charge on any atom is 0.0547 e. The average molecular weight is 257 g/mol. The lowest BCUT2D eigenvalue weighted by Crippen LogP contribution is -2.46. The Morgan fingerprint density at radius 3 is 2.44 bits per heavy atom. The molecule has 1 heterocycles. The maximum atomic E-state index is 5.64. The number of nitrogens with one attached hydrogen (secondary N) is 1. The van der Waals surface area contributed by atoms with Crippen molar-refractivity contribution < 1.29 is 4.74 Å². The molecule has 1 fully saturated rings. The summed E-state index contributed by atoms with van der Waals surface area (Å²) in [6.45, 7) is 10.7. The van der Waals surface area contributed by atoms with Crippen molar-refractivity contribution in [3.05, 3.63) is 0 Å². The van der Waals surface area contributed by atoms with Gasteiger partial charge >= 0.3 is 0 Å². The van der Waals surface area contributed by atoms with Crippen molar-refractivity contribution in [1.82, 2.24) is 15.1 Å². The van der Waals surface area contributed by atoms with Crippen LogP contribution in [0, 0.1) is 5.41 Å². The number of rotatable bonds is 8. The Morgan fingerprint density at radius 2 is 1.94 bits per heavy atom. The van der Waals surface area contributed by atoms with E-state index in [4.69, 9.17) is 4.74 Å². The Balaban J connectivity index is 2.41. The van der Waals surface area contributed by atoms with Crippen LogP contribution < -0.4 is 5.32 Å². The van der Waals surface area contributed by atoms with Crippen LogP contribution in [0.3, 0.4) is 0 Å². The van der Waals surface area contributed by atoms with Crippen molar-refractivity contribution in [1.29, 1.82) is 0 Å². The van der Waals surface area contributed by atoms with Gasteiger partial charge in [0.2, 0.25) is 0 Å². The lowest BCUT2D eigenvalue weighted by Gasteiger charge is -2.33. The fourth-order valence-corrected chi connectivity index (χ4v) is 2.41. The molecule has 0 aliphatic carbocycles. The van der Waals surface area contributed by atoms with Crippen LogP contribution in [0.4, 0.5) is 0 Å². The quantitative estimate of drug-likeness (QED) is 0.699. The van der Waals surface area contributed by atoms with Gasteiger partial charge in [-0.2, -0.15) is 0 Å². The molecular formula is C14H31N3O. The second kappa shape index (κ2) is 7.43. The summed E-state index contributed by atoms with van der Waals surface area (Å²) in [7, 11) is 6.48. The molecule has 0 bridgehead atoms. The second-order valence-electron chi connectivity index (χ2n) is 6.38. The van der Waals surface area contributed by atoms with Crippen molar-refractivity contribution >= 4 is 0 Å². The minimum Gasteiger partial charge on any atom is -0.381 e. The monoisotopic (exact) mass is 257 g/mol. The van der Waals surface area contributed by atoms with Gasteiger partial charge in [0.05, 0.1) is 6.61 Å². The van der Waals surface area contributed by atoms with Crippen LogP contribution in [0.2, 0.25) is 0 Å². The van der Waals surface area contributed by atoms with Crippen molar-refractivity contribution in [2.24, 2.45) is 5.41 Å². The van der Waals surface area contributed by atoms with Crippen LogP contribution in [0.25, 0.3) is 0 Å². The molecule has 0 amide bonds. The largest absolute Gasteiger partial charge is 0.381 e. The standard InChI is InChI=1S/C14H31N3O/c1-13(2)15-10-14(6-9-18-12-14)11-17(5)8-7-16(3)4/h13,15H,6-12H2,1-5H3. The molecule has 0 saturated carbocycles. The Bertz CT molecular complexity index is 225. The predicted octanol–water partition coefficient (Wildman–Crippen LogP) is 0.885. The van der Waals surface area contributed by atoms with Crippen LogP contribution in [0.15, 0.2) is 0 Å². The zero-order chi connectivity index (χ0) is 13.6. The molecule has 0 spiro atoms. The van der Waals surface area contributed by atoms with Crippen LogP contribution in [-0.2, 0) is 4.74 Å². The summed E-state index contributed by atoms with van der Waals surface area (Å²) in [5, 5.41) is 3.58. The molecule has 0 aromatic rings. The van der Waals surface area contributed by atoms with Crippen LogP contribution in [-0.4, -0.2) is 76.4 Å². The highest BCUT2D eigenvalue weighted by molar-refractivity contribution is 4.88. The Hall–Kier alpha value is -0.160. The van der Waals surface area contributed by atoms with Gasteiger partial charge in [-0.05, 0) is 27.6 Å². The highest BCUT2D eigenvalue weighted by atomic mass is 16.5. The molecule has 4 heteroatoms. The number of hydrogen-bond acceptors (Lipinski definition) is 4. The summed E-state index contributed by atoms with van der Waals surface area (Å²) in [5.74, 6) is 0. The molecule has 1 saturated heterocycles. The van der Waals surface area contributed by atoms with E-state index in [-0.39, 0.29) is 0 Å². The van der Waals surface area contributed by atoms with Gasteiger partial charge in [-0.25, -0.2) is 0 Å². The first-order valence-corrected chi connectivity index (χ1v) is 7.08. The van der Waals surface area contributed by atoms with Crippen LogP contribution in [0.1, 0.15) is 20.3 Å². The normalized spacial score (nSPS) is 24.7. The molecule has 0 aromatic heterocycles. The molecule has 1 atom stereocenters. The zero-order valence-electron chi connectivity index (χ0n) is 12.8. The number of hydrogen-bond donors (Lipinski definition) is 1. The summed E-state index contributed by atoms with van der Waals surface area (Å²) < 4.78 is 5.64. The minimum absolute atomic E-state index is 0.311. The molecule has 18 heavy (non-hydrogen) atoms. The van der Waals surface area contributed by atoms with Crippen molar-refractivity contribution in [2.45, 2.75) is 26.3 Å². The van der Waals surface area contributed by atoms with E-state index in [1.54, 1.807) is 0 Å². The molecule has 1 rings (SSSR count). The van der Waals surface area contributed by atoms with E-state index in [2.05, 4.69) is 50.1 Å². The Labute approximate surface area is 113 Å². The first kappa shape index (κ1) is 15.9. The summed E-state index contributed by atoms with van der Waals surface area (Å²) in [4.78, 5) is 4.68. The minimum atomic E-state index is 0.311. The predicted molar refractivity (Wildman–Crippen MR) is 77.1 cm³/mol. The van der Waals surface area contributed by atoms with Crippen LogP contribution >= 0.6 is 0 Å². The Morgan fingerprint density at radius 1 is 1.22 bits per heavy atom. The summed E-state index contributed by atoms with van der Waals surface area (Å²) in [6, 6.07) is 0.551. The first-order chi connectivity index (χ1) is 8.43. The maximum absolute atomic E-state index is 5.64. The molecular weight excluding hydrogens is 226 g/mol. The van der Waals surface area contributed by atoms with Gasteiger partial charge in [0.15, 0.2) is 0 Å². The lowest BCUT2D eigenvalue weighted by atomic mass is 9.86. The molecule has 1 aliphatic rings. The molecule has 1 N–H and O–H groups in total. The van der Waals surface area contributed by atoms with Crippen molar-refractivity contribution in [3.8, 4) is 0 Å². The van der Waals surface area contributed by atoms with E-state index in [0.29, 0.717) is 11.5 Å². The SMILES string of the molecule is CC(C)NCC1(CN(C)CCN(C)C)CCOC1. The van der Waals surface area contributed by atoms with E-state index in [9.17, 15) is 0 Å². The summed E-state index contributed by atoms with van der Waals surface area (Å²) in [6.07, 6.45) is 1.18. The van der Waals surface area contributed by atoms with E-state index in [1.165, 1.54) is 6.42 Å². The van der Waals surface area contributed by atoms with Crippen LogP contribution in [0.5, 0.6) is 0 Å². The van der Waals surface area contributed by atoms with Gasteiger partial charge in [0.1, 0.15) is 0 Å². The van der Waals surface area contributed by atoms with Gasteiger partial charge in [0, 0.05) is 44.2 Å². The fourth-order valence-electron chi connectivity index (χ4n) is 2.41. The highest BCUT2D eigenvalue weighted by Gasteiger charge is 2.35. The molecule has 1 unspecified atom stereocenters. The molecule has 0 aromatic carbocycles. The molecule has 108 valence electrons. The van der Waals surface area contributed by atoms with Gasteiger partial charge in [0.25, 0.3) is 0 Å². The third kappa shape index (κ3) is 5.65. The van der Waals surface area contributed by atoms with Gasteiger partial charge in [-0.3, -0.25) is 0 Å². The number of likely N-dealkylation sites (N-methyl/N-ethyl adjacent to an activating group) is 2. The average Bonchev–Trinajstić information content (AvgIpc) is 2.73. The summed E-state index contributed by atoms with van der Waals surface area (Å²) in [5.41, 5.74) is 0.311. The fraction of sp³-hybridized carbons (Fsp3) is 1.00. The first-order valence-electron chi connectivity index (χ1n) is 7.08. The van der Waals surface area contributed by atoms with Crippen molar-refractivity contribution in [2.75, 3.05) is 60.5 Å². The van der Waals surface area contributed by atoms with E-state index >= 15 is 0 Å². The zero-order valence-corrected chi connectivity index (χ0v) is 12.8. The third-order valence-corrected chi connectivity index (χ3v) is 3.60. The third-order valence-electron chi connectivity index (χ3n) is 3.60. The Kier molecular flexibility index (Phi) is 6.57. The van der Waals surface area contributed by atoms with Crippen molar-refractivity contribution in [3.63, 3.8) is 0 Å². The number of ether oxygens (including phenoxy) is 1. The summed E-state index contributed by atoms with van der Waals surface area (Å²) >= 11 is 0. The van der Waals surface area contributed by atoms with Gasteiger partial charge in [-0.15, -0.1) is 0 Å². The topological polar surface area (TPSA) is 27.7 Å². The van der Waals surface area contributed by atoms with E-state index in [0.717, 1.165) is 39.4 Å². The molecule has 1 aliphatic heterocycles. The van der Waals surface area contributed by atoms with Gasteiger partial charge in [-0.1, -0.05) is 13.8 Å². The smallest absolute Gasteiger partial charge is 0.0547 e. The molecule has 0 radical (unpaired) electrons. The molecule has 4 nitrogen and oxygen atoms in total. The lowest BCUT2D eigenvalue weighted by molar-refractivity contribution is 0.114. The van der Waals surface area contributed by atoms with E-state index < -0.39 is 0 Å². The second-order valence-corrected chi connectivity index (χ2v) is 6.38.